The van der Waals surface area contributed by atoms with Crippen molar-refractivity contribution in [3.8, 4) is 11.5 Å². The molecule has 9 heteroatoms. The fourth-order valence-electron chi connectivity index (χ4n) is 2.94. The maximum atomic E-state index is 12.8. The molecule has 0 atom stereocenters. The van der Waals surface area contributed by atoms with Crippen LogP contribution in [0.1, 0.15) is 15.9 Å². The Morgan fingerprint density at radius 1 is 1.04 bits per heavy atom. The predicted octanol–water partition coefficient (Wildman–Crippen LogP) is 0.330. The van der Waals surface area contributed by atoms with Crippen LogP contribution in [-0.4, -0.2) is 81.3 Å². The van der Waals surface area contributed by atoms with Gasteiger partial charge in [-0.3, -0.25) is 4.79 Å². The zero-order valence-corrected chi connectivity index (χ0v) is 15.5. The topological polar surface area (TPSA) is 79.4 Å². The van der Waals surface area contributed by atoms with Crippen LogP contribution in [0.2, 0.25) is 0 Å². The molecule has 1 fully saturated rings. The van der Waals surface area contributed by atoms with E-state index in [-0.39, 0.29) is 19.0 Å². The Hall–Kier alpha value is -1.84. The number of amides is 1. The number of rotatable bonds is 3. The molecule has 1 saturated heterocycles. The fraction of sp³-hybridized carbons (Fsp3) is 0.562. The number of hydrogen-bond acceptors (Lipinski definition) is 5. The van der Waals surface area contributed by atoms with Crippen LogP contribution in [0.3, 0.4) is 0 Å². The molecule has 8 nitrogen and oxygen atoms in total. The highest BCUT2D eigenvalue weighted by Gasteiger charge is 2.31. The van der Waals surface area contributed by atoms with E-state index < -0.39 is 10.2 Å². The van der Waals surface area contributed by atoms with Crippen LogP contribution in [0.25, 0.3) is 0 Å². The summed E-state index contributed by atoms with van der Waals surface area (Å²) < 4.78 is 38.0. The number of carbonyl (C=O) groups is 1. The summed E-state index contributed by atoms with van der Waals surface area (Å²) in [5.74, 6) is 1.12. The minimum atomic E-state index is -3.44. The van der Waals surface area contributed by atoms with Gasteiger partial charge in [0.2, 0.25) is 0 Å². The van der Waals surface area contributed by atoms with E-state index in [0.29, 0.717) is 43.4 Å². The highest BCUT2D eigenvalue weighted by atomic mass is 32.2. The van der Waals surface area contributed by atoms with Crippen LogP contribution in [-0.2, 0) is 10.2 Å². The molecule has 1 aromatic carbocycles. The van der Waals surface area contributed by atoms with Crippen molar-refractivity contribution >= 4 is 16.1 Å². The SMILES string of the molecule is Cc1cc2c(cc1C(=O)N1CCN(S(=O)(=O)N(C)C)CC1)OCCO2. The smallest absolute Gasteiger partial charge is 0.281 e. The van der Waals surface area contributed by atoms with Crippen molar-refractivity contribution in [2.24, 2.45) is 0 Å². The van der Waals surface area contributed by atoms with Crippen molar-refractivity contribution in [1.29, 1.82) is 0 Å². The average Bonchev–Trinajstić information content (AvgIpc) is 2.60. The second kappa shape index (κ2) is 6.81. The summed E-state index contributed by atoms with van der Waals surface area (Å²) in [5, 5.41) is 0. The van der Waals surface area contributed by atoms with Gasteiger partial charge in [0, 0.05) is 45.8 Å². The molecule has 1 amide bonds. The summed E-state index contributed by atoms with van der Waals surface area (Å²) in [4.78, 5) is 14.5. The van der Waals surface area contributed by atoms with Crippen molar-refractivity contribution in [2.45, 2.75) is 6.92 Å². The number of fused-ring (bicyclic) bond motifs is 1. The van der Waals surface area contributed by atoms with Crippen LogP contribution < -0.4 is 9.47 Å². The summed E-state index contributed by atoms with van der Waals surface area (Å²) in [6.07, 6.45) is 0. The average molecular weight is 369 g/mol. The summed E-state index contributed by atoms with van der Waals surface area (Å²) in [7, 11) is -0.431. The van der Waals surface area contributed by atoms with Gasteiger partial charge in [-0.25, -0.2) is 0 Å². The highest BCUT2D eigenvalue weighted by molar-refractivity contribution is 7.86. The first-order chi connectivity index (χ1) is 11.8. The van der Waals surface area contributed by atoms with Crippen LogP contribution >= 0.6 is 0 Å². The third kappa shape index (κ3) is 3.44. The zero-order chi connectivity index (χ0) is 18.2. The van der Waals surface area contributed by atoms with E-state index >= 15 is 0 Å². The molecule has 1 aromatic rings. The van der Waals surface area contributed by atoms with Crippen molar-refractivity contribution in [3.05, 3.63) is 23.3 Å². The van der Waals surface area contributed by atoms with E-state index in [1.165, 1.54) is 22.7 Å². The lowest BCUT2D eigenvalue weighted by Crippen LogP contribution is -2.53. The molecule has 0 aromatic heterocycles. The van der Waals surface area contributed by atoms with Gasteiger partial charge in [-0.1, -0.05) is 0 Å². The summed E-state index contributed by atoms with van der Waals surface area (Å²) in [5.41, 5.74) is 1.38. The number of aryl methyl sites for hydroxylation is 1. The third-order valence-electron chi connectivity index (χ3n) is 4.43. The predicted molar refractivity (Wildman–Crippen MR) is 92.3 cm³/mol. The lowest BCUT2D eigenvalue weighted by Gasteiger charge is -2.35. The van der Waals surface area contributed by atoms with E-state index in [2.05, 4.69) is 0 Å². The van der Waals surface area contributed by atoms with Gasteiger partial charge < -0.3 is 14.4 Å². The molecular weight excluding hydrogens is 346 g/mol. The van der Waals surface area contributed by atoms with Crippen LogP contribution in [0.15, 0.2) is 12.1 Å². The van der Waals surface area contributed by atoms with Gasteiger partial charge in [0.1, 0.15) is 13.2 Å². The number of ether oxygens (including phenoxy) is 2. The van der Waals surface area contributed by atoms with Crippen LogP contribution in [0.4, 0.5) is 0 Å². The maximum absolute atomic E-state index is 12.8. The van der Waals surface area contributed by atoms with E-state index in [9.17, 15) is 13.2 Å². The second-order valence-electron chi connectivity index (χ2n) is 6.29. The van der Waals surface area contributed by atoms with Gasteiger partial charge in [-0.15, -0.1) is 0 Å². The molecule has 2 aliphatic rings. The molecule has 0 unspecified atom stereocenters. The Kier molecular flexibility index (Phi) is 4.90. The first-order valence-electron chi connectivity index (χ1n) is 8.18. The number of piperazine rings is 1. The normalized spacial score (nSPS) is 18.5. The van der Waals surface area contributed by atoms with Crippen LogP contribution in [0.5, 0.6) is 11.5 Å². The number of hydrogen-bond donors (Lipinski definition) is 0. The Labute approximate surface area is 148 Å². The minimum Gasteiger partial charge on any atom is -0.486 e. The van der Waals surface area contributed by atoms with Crippen LogP contribution in [0, 0.1) is 6.92 Å². The van der Waals surface area contributed by atoms with E-state index in [4.69, 9.17) is 9.47 Å². The van der Waals surface area contributed by atoms with E-state index in [1.807, 2.05) is 13.0 Å². The standard InChI is InChI=1S/C16H23N3O5S/c1-12-10-14-15(24-9-8-23-14)11-13(12)16(20)18-4-6-19(7-5-18)25(21,22)17(2)3/h10-11H,4-9H2,1-3H3. The van der Waals surface area contributed by atoms with Gasteiger partial charge in [0.15, 0.2) is 11.5 Å². The second-order valence-corrected chi connectivity index (χ2v) is 8.43. The minimum absolute atomic E-state index is 0.114. The van der Waals surface area contributed by atoms with Gasteiger partial charge >= 0.3 is 0 Å². The monoisotopic (exact) mass is 369 g/mol. The fourth-order valence-corrected chi connectivity index (χ4v) is 4.03. The van der Waals surface area contributed by atoms with Crippen molar-refractivity contribution in [2.75, 3.05) is 53.5 Å². The molecule has 138 valence electrons. The largest absolute Gasteiger partial charge is 0.486 e. The lowest BCUT2D eigenvalue weighted by atomic mass is 10.1. The number of nitrogens with zero attached hydrogens (tertiary/aromatic N) is 3. The highest BCUT2D eigenvalue weighted by Crippen LogP contribution is 2.33. The van der Waals surface area contributed by atoms with Crippen molar-refractivity contribution in [1.82, 2.24) is 13.5 Å². The Bertz CT molecular complexity index is 770. The first kappa shape index (κ1) is 18.0. The summed E-state index contributed by atoms with van der Waals surface area (Å²) in [6.45, 7) is 4.12. The Morgan fingerprint density at radius 2 is 1.60 bits per heavy atom. The summed E-state index contributed by atoms with van der Waals surface area (Å²) in [6, 6.07) is 3.53. The maximum Gasteiger partial charge on any atom is 0.281 e. The van der Waals surface area contributed by atoms with Gasteiger partial charge in [0.25, 0.3) is 16.1 Å². The summed E-state index contributed by atoms with van der Waals surface area (Å²) >= 11 is 0. The molecule has 0 saturated carbocycles. The van der Waals surface area contributed by atoms with Crippen molar-refractivity contribution in [3.63, 3.8) is 0 Å². The van der Waals surface area contributed by atoms with Gasteiger partial charge in [-0.2, -0.15) is 17.0 Å². The molecule has 0 spiro atoms. The molecule has 2 aliphatic heterocycles. The zero-order valence-electron chi connectivity index (χ0n) is 14.7. The molecule has 25 heavy (non-hydrogen) atoms. The lowest BCUT2D eigenvalue weighted by molar-refractivity contribution is 0.0693. The molecule has 0 aliphatic carbocycles. The van der Waals surface area contributed by atoms with E-state index in [0.717, 1.165) is 5.56 Å². The quantitative estimate of drug-likeness (QED) is 0.767. The Morgan fingerprint density at radius 3 is 2.16 bits per heavy atom. The van der Waals surface area contributed by atoms with Gasteiger partial charge in [-0.05, 0) is 24.6 Å². The molecular formula is C16H23N3O5S. The molecule has 0 radical (unpaired) electrons. The third-order valence-corrected chi connectivity index (χ3v) is 6.37. The molecule has 2 heterocycles. The van der Waals surface area contributed by atoms with E-state index in [1.54, 1.807) is 11.0 Å². The molecule has 3 rings (SSSR count). The Balaban J connectivity index is 1.73. The number of benzene rings is 1. The molecule has 0 bridgehead atoms. The first-order valence-corrected chi connectivity index (χ1v) is 9.57. The molecule has 0 N–H and O–H groups in total. The van der Waals surface area contributed by atoms with Crippen molar-refractivity contribution < 1.29 is 22.7 Å². The number of carbonyl (C=O) groups excluding carboxylic acids is 1. The van der Waals surface area contributed by atoms with Gasteiger partial charge in [0.05, 0.1) is 0 Å².